The second-order valence-corrected chi connectivity index (χ2v) is 6.31. The molecule has 2 aliphatic rings. The summed E-state index contributed by atoms with van der Waals surface area (Å²) < 4.78 is 0. The summed E-state index contributed by atoms with van der Waals surface area (Å²) in [5.41, 5.74) is 5.84. The van der Waals surface area contributed by atoms with E-state index in [2.05, 4.69) is 0 Å². The van der Waals surface area contributed by atoms with E-state index in [9.17, 15) is 4.79 Å². The van der Waals surface area contributed by atoms with Crippen molar-refractivity contribution in [1.29, 1.82) is 0 Å². The fraction of sp³-hybridized carbons (Fsp3) is 0.929. The molecule has 1 amide bonds. The van der Waals surface area contributed by atoms with Gasteiger partial charge in [0.1, 0.15) is 0 Å². The molecule has 0 aromatic rings. The van der Waals surface area contributed by atoms with Gasteiger partial charge in [-0.05, 0) is 38.0 Å². The summed E-state index contributed by atoms with van der Waals surface area (Å²) in [6.45, 7) is 5.73. The van der Waals surface area contributed by atoms with Crippen molar-refractivity contribution in [3.8, 4) is 0 Å². The SMILES string of the molecule is CCC(C)(N)C(=O)N1CCC2(CCCCC2)C1. The normalized spacial score (nSPS) is 27.1. The summed E-state index contributed by atoms with van der Waals surface area (Å²) in [6, 6.07) is 0. The molecular weight excluding hydrogens is 212 g/mol. The van der Waals surface area contributed by atoms with Gasteiger partial charge in [0.25, 0.3) is 0 Å². The summed E-state index contributed by atoms with van der Waals surface area (Å²) in [5, 5.41) is 0. The van der Waals surface area contributed by atoms with Crippen molar-refractivity contribution < 1.29 is 4.79 Å². The van der Waals surface area contributed by atoms with Crippen LogP contribution in [0.15, 0.2) is 0 Å². The molecule has 1 heterocycles. The van der Waals surface area contributed by atoms with Crippen molar-refractivity contribution in [2.45, 2.75) is 64.3 Å². The van der Waals surface area contributed by atoms with Gasteiger partial charge in [0.2, 0.25) is 5.91 Å². The molecule has 1 atom stereocenters. The van der Waals surface area contributed by atoms with Crippen molar-refractivity contribution in [3.63, 3.8) is 0 Å². The zero-order valence-electron chi connectivity index (χ0n) is 11.3. The maximum Gasteiger partial charge on any atom is 0.242 e. The van der Waals surface area contributed by atoms with Gasteiger partial charge in [0.05, 0.1) is 5.54 Å². The zero-order valence-corrected chi connectivity index (χ0v) is 11.3. The van der Waals surface area contributed by atoms with Crippen LogP contribution in [0.5, 0.6) is 0 Å². The number of carbonyl (C=O) groups excluding carboxylic acids is 1. The minimum atomic E-state index is -0.666. The van der Waals surface area contributed by atoms with E-state index in [1.807, 2.05) is 18.7 Å². The van der Waals surface area contributed by atoms with E-state index in [0.717, 1.165) is 19.5 Å². The van der Waals surface area contributed by atoms with E-state index < -0.39 is 5.54 Å². The van der Waals surface area contributed by atoms with Crippen molar-refractivity contribution in [2.75, 3.05) is 13.1 Å². The highest BCUT2D eigenvalue weighted by Crippen LogP contribution is 2.44. The summed E-state index contributed by atoms with van der Waals surface area (Å²) >= 11 is 0. The standard InChI is InChI=1S/C14H26N2O/c1-3-13(2,15)12(17)16-10-9-14(11-16)7-5-4-6-8-14/h3-11,15H2,1-2H3. The monoisotopic (exact) mass is 238 g/mol. The molecule has 3 nitrogen and oxygen atoms in total. The molecule has 1 saturated carbocycles. The minimum Gasteiger partial charge on any atom is -0.341 e. The number of amides is 1. The van der Waals surface area contributed by atoms with Crippen LogP contribution >= 0.6 is 0 Å². The second kappa shape index (κ2) is 4.60. The number of carbonyl (C=O) groups is 1. The number of hydrogen-bond donors (Lipinski definition) is 1. The molecule has 3 heteroatoms. The maximum absolute atomic E-state index is 12.3. The fourth-order valence-corrected chi connectivity index (χ4v) is 3.33. The third kappa shape index (κ3) is 2.49. The highest BCUT2D eigenvalue weighted by atomic mass is 16.2. The summed E-state index contributed by atoms with van der Waals surface area (Å²) in [6.07, 6.45) is 8.59. The van der Waals surface area contributed by atoms with Gasteiger partial charge in [-0.3, -0.25) is 4.79 Å². The lowest BCUT2D eigenvalue weighted by Gasteiger charge is -2.34. The van der Waals surface area contributed by atoms with Crippen LogP contribution in [0.3, 0.4) is 0 Å². The number of nitrogens with two attached hydrogens (primary N) is 1. The Hall–Kier alpha value is -0.570. The van der Waals surface area contributed by atoms with Gasteiger partial charge in [0, 0.05) is 13.1 Å². The van der Waals surface area contributed by atoms with Crippen LogP contribution in [0.1, 0.15) is 58.8 Å². The summed E-state index contributed by atoms with van der Waals surface area (Å²) in [7, 11) is 0. The lowest BCUT2D eigenvalue weighted by molar-refractivity contribution is -0.136. The lowest BCUT2D eigenvalue weighted by atomic mass is 9.73. The molecule has 1 spiro atoms. The van der Waals surface area contributed by atoms with Gasteiger partial charge in [-0.1, -0.05) is 26.2 Å². The molecule has 0 bridgehead atoms. The van der Waals surface area contributed by atoms with Crippen molar-refractivity contribution in [3.05, 3.63) is 0 Å². The average molecular weight is 238 g/mol. The van der Waals surface area contributed by atoms with Crippen LogP contribution in [0.25, 0.3) is 0 Å². The second-order valence-electron chi connectivity index (χ2n) is 6.31. The number of hydrogen-bond acceptors (Lipinski definition) is 2. The Balaban J connectivity index is 2.00. The average Bonchev–Trinajstić information content (AvgIpc) is 2.73. The van der Waals surface area contributed by atoms with Gasteiger partial charge < -0.3 is 10.6 Å². The predicted molar refractivity (Wildman–Crippen MR) is 69.6 cm³/mol. The van der Waals surface area contributed by atoms with Gasteiger partial charge >= 0.3 is 0 Å². The molecule has 2 rings (SSSR count). The molecule has 0 aromatic heterocycles. The quantitative estimate of drug-likeness (QED) is 0.802. The highest BCUT2D eigenvalue weighted by molar-refractivity contribution is 5.85. The smallest absolute Gasteiger partial charge is 0.242 e. The van der Waals surface area contributed by atoms with Crippen LogP contribution in [0, 0.1) is 5.41 Å². The van der Waals surface area contributed by atoms with Gasteiger partial charge in [-0.15, -0.1) is 0 Å². The maximum atomic E-state index is 12.3. The Morgan fingerprint density at radius 1 is 1.29 bits per heavy atom. The van der Waals surface area contributed by atoms with Gasteiger partial charge in [-0.2, -0.15) is 0 Å². The highest BCUT2D eigenvalue weighted by Gasteiger charge is 2.43. The molecule has 2 N–H and O–H groups in total. The Labute approximate surface area is 105 Å². The van der Waals surface area contributed by atoms with Crippen molar-refractivity contribution in [2.24, 2.45) is 11.1 Å². The molecule has 2 fully saturated rings. The molecular formula is C14H26N2O. The van der Waals surface area contributed by atoms with E-state index >= 15 is 0 Å². The molecule has 1 saturated heterocycles. The zero-order chi connectivity index (χ0) is 12.5. The van der Waals surface area contributed by atoms with Crippen LogP contribution < -0.4 is 5.73 Å². The first-order valence-corrected chi connectivity index (χ1v) is 7.07. The number of nitrogens with zero attached hydrogens (tertiary/aromatic N) is 1. The number of rotatable bonds is 2. The molecule has 1 aliphatic heterocycles. The lowest BCUT2D eigenvalue weighted by Crippen LogP contribution is -2.52. The number of likely N-dealkylation sites (tertiary alicyclic amines) is 1. The van der Waals surface area contributed by atoms with Crippen molar-refractivity contribution >= 4 is 5.91 Å². The largest absolute Gasteiger partial charge is 0.341 e. The first-order chi connectivity index (χ1) is 7.99. The Morgan fingerprint density at radius 3 is 2.53 bits per heavy atom. The molecule has 1 unspecified atom stereocenters. The first kappa shape index (κ1) is 12.9. The van der Waals surface area contributed by atoms with Crippen LogP contribution in [0.2, 0.25) is 0 Å². The third-order valence-electron chi connectivity index (χ3n) is 4.86. The van der Waals surface area contributed by atoms with Crippen LogP contribution in [-0.2, 0) is 4.79 Å². The Kier molecular flexibility index (Phi) is 3.48. The molecule has 0 radical (unpaired) electrons. The summed E-state index contributed by atoms with van der Waals surface area (Å²) in [4.78, 5) is 14.3. The van der Waals surface area contributed by atoms with E-state index in [1.54, 1.807) is 0 Å². The molecule has 0 aromatic carbocycles. The van der Waals surface area contributed by atoms with Crippen molar-refractivity contribution in [1.82, 2.24) is 4.90 Å². The van der Waals surface area contributed by atoms with Gasteiger partial charge in [-0.25, -0.2) is 0 Å². The molecule has 98 valence electrons. The fourth-order valence-electron chi connectivity index (χ4n) is 3.33. The predicted octanol–water partition coefficient (Wildman–Crippen LogP) is 2.30. The Bertz CT molecular complexity index is 293. The first-order valence-electron chi connectivity index (χ1n) is 7.07. The van der Waals surface area contributed by atoms with Gasteiger partial charge in [0.15, 0.2) is 0 Å². The van der Waals surface area contributed by atoms with E-state index in [0.29, 0.717) is 5.41 Å². The van der Waals surface area contributed by atoms with E-state index in [4.69, 9.17) is 5.73 Å². The van der Waals surface area contributed by atoms with Crippen LogP contribution in [-0.4, -0.2) is 29.4 Å². The summed E-state index contributed by atoms with van der Waals surface area (Å²) in [5.74, 6) is 0.155. The minimum absolute atomic E-state index is 0.155. The Morgan fingerprint density at radius 2 is 1.94 bits per heavy atom. The van der Waals surface area contributed by atoms with E-state index in [1.165, 1.54) is 38.5 Å². The topological polar surface area (TPSA) is 46.3 Å². The molecule has 17 heavy (non-hydrogen) atoms. The molecule has 1 aliphatic carbocycles. The van der Waals surface area contributed by atoms with Crippen LogP contribution in [0.4, 0.5) is 0 Å². The third-order valence-corrected chi connectivity index (χ3v) is 4.86. The van der Waals surface area contributed by atoms with E-state index in [-0.39, 0.29) is 5.91 Å².